The molecule has 82 valence electrons. The van der Waals surface area contributed by atoms with Crippen molar-refractivity contribution in [1.82, 2.24) is 25.5 Å². The first-order valence-electron chi connectivity index (χ1n) is 4.87. The zero-order valence-electron chi connectivity index (χ0n) is 9.03. The second-order valence-corrected chi connectivity index (χ2v) is 3.70. The maximum atomic E-state index is 3.94. The maximum absolute atomic E-state index is 3.94. The summed E-state index contributed by atoms with van der Waals surface area (Å²) in [6.45, 7) is 6.55. The van der Waals surface area contributed by atoms with Crippen molar-refractivity contribution in [3.63, 3.8) is 0 Å². The number of hydrogen-bond donors (Lipinski definition) is 1. The first-order valence-corrected chi connectivity index (χ1v) is 5.86. The molecule has 0 aliphatic carbocycles. The Hall–Kier alpha value is -1.06. The minimum atomic E-state index is 0.734. The molecule has 1 aromatic rings. The van der Waals surface area contributed by atoms with Crippen LogP contribution in [0.3, 0.4) is 0 Å². The van der Waals surface area contributed by atoms with Crippen molar-refractivity contribution in [3.8, 4) is 11.8 Å². The lowest BCUT2D eigenvalue weighted by Crippen LogP contribution is -2.20. The molecular weight excluding hydrogens is 210 g/mol. The Bertz CT molecular complexity index is 338. The van der Waals surface area contributed by atoms with Gasteiger partial charge in [-0.3, -0.25) is 0 Å². The van der Waals surface area contributed by atoms with E-state index in [2.05, 4.69) is 39.6 Å². The Morgan fingerprint density at radius 3 is 3.13 bits per heavy atom. The van der Waals surface area contributed by atoms with E-state index >= 15 is 0 Å². The normalized spacial score (nSPS) is 9.73. The molecule has 0 unspecified atom stereocenters. The van der Waals surface area contributed by atoms with Gasteiger partial charge in [-0.25, -0.2) is 4.68 Å². The number of tetrazole rings is 1. The van der Waals surface area contributed by atoms with Crippen LogP contribution in [0.25, 0.3) is 0 Å². The number of nitrogens with zero attached hydrogens (tertiary/aromatic N) is 4. The number of likely N-dealkylation sites (N-methyl/N-ethyl adjacent to an activating group) is 1. The van der Waals surface area contributed by atoms with Crippen LogP contribution in [0.4, 0.5) is 0 Å². The molecule has 0 spiro atoms. The van der Waals surface area contributed by atoms with Crippen molar-refractivity contribution in [2.45, 2.75) is 25.5 Å². The molecule has 1 aromatic heterocycles. The molecule has 1 heterocycles. The van der Waals surface area contributed by atoms with Gasteiger partial charge in [-0.1, -0.05) is 24.6 Å². The summed E-state index contributed by atoms with van der Waals surface area (Å²) in [6.07, 6.45) is 0. The third-order valence-corrected chi connectivity index (χ3v) is 2.54. The SMILES string of the molecule is CC#CCSc1nnnn1CCNCC. The van der Waals surface area contributed by atoms with Gasteiger partial charge in [-0.15, -0.1) is 11.0 Å². The third-order valence-electron chi connectivity index (χ3n) is 1.70. The summed E-state index contributed by atoms with van der Waals surface area (Å²) in [6, 6.07) is 0. The quantitative estimate of drug-likeness (QED) is 0.431. The average Bonchev–Trinajstić information content (AvgIpc) is 2.67. The van der Waals surface area contributed by atoms with Crippen LogP contribution in [0.1, 0.15) is 13.8 Å². The molecule has 0 aliphatic heterocycles. The monoisotopic (exact) mass is 225 g/mol. The molecular formula is C9H15N5S. The second-order valence-electron chi connectivity index (χ2n) is 2.75. The number of rotatable bonds is 6. The van der Waals surface area contributed by atoms with Gasteiger partial charge in [0.15, 0.2) is 0 Å². The Labute approximate surface area is 94.0 Å². The highest BCUT2D eigenvalue weighted by Gasteiger charge is 2.04. The molecule has 5 nitrogen and oxygen atoms in total. The smallest absolute Gasteiger partial charge is 0.210 e. The van der Waals surface area contributed by atoms with E-state index in [4.69, 9.17) is 0 Å². The van der Waals surface area contributed by atoms with E-state index in [1.807, 2.05) is 6.92 Å². The summed E-state index contributed by atoms with van der Waals surface area (Å²) < 4.78 is 1.80. The summed E-state index contributed by atoms with van der Waals surface area (Å²) in [7, 11) is 0. The van der Waals surface area contributed by atoms with Crippen molar-refractivity contribution in [2.75, 3.05) is 18.8 Å². The van der Waals surface area contributed by atoms with Gasteiger partial charge in [0, 0.05) is 6.54 Å². The topological polar surface area (TPSA) is 55.6 Å². The van der Waals surface area contributed by atoms with Crippen LogP contribution >= 0.6 is 11.8 Å². The number of aromatic nitrogens is 4. The zero-order chi connectivity index (χ0) is 10.9. The van der Waals surface area contributed by atoms with E-state index in [1.165, 1.54) is 0 Å². The first-order chi connectivity index (χ1) is 7.38. The van der Waals surface area contributed by atoms with Gasteiger partial charge in [0.1, 0.15) is 0 Å². The summed E-state index contributed by atoms with van der Waals surface area (Å²) in [4.78, 5) is 0. The molecule has 0 radical (unpaired) electrons. The Balaban J connectivity index is 2.41. The average molecular weight is 225 g/mol. The van der Waals surface area contributed by atoms with E-state index in [1.54, 1.807) is 16.4 Å². The fourth-order valence-corrected chi connectivity index (χ4v) is 1.69. The van der Waals surface area contributed by atoms with Crippen LogP contribution in [0.5, 0.6) is 0 Å². The molecule has 6 heteroatoms. The summed E-state index contributed by atoms with van der Waals surface area (Å²) in [5.74, 6) is 6.54. The van der Waals surface area contributed by atoms with Crippen molar-refractivity contribution in [3.05, 3.63) is 0 Å². The van der Waals surface area contributed by atoms with E-state index in [9.17, 15) is 0 Å². The van der Waals surface area contributed by atoms with E-state index in [0.717, 1.165) is 30.5 Å². The van der Waals surface area contributed by atoms with Gasteiger partial charge in [0.2, 0.25) is 5.16 Å². The molecule has 0 saturated carbocycles. The lowest BCUT2D eigenvalue weighted by Gasteiger charge is -2.02. The Morgan fingerprint density at radius 2 is 2.40 bits per heavy atom. The fourth-order valence-electron chi connectivity index (χ4n) is 0.975. The maximum Gasteiger partial charge on any atom is 0.210 e. The van der Waals surface area contributed by atoms with Crippen LogP contribution in [0.15, 0.2) is 5.16 Å². The zero-order valence-corrected chi connectivity index (χ0v) is 9.84. The molecule has 0 aromatic carbocycles. The molecule has 0 fully saturated rings. The predicted molar refractivity (Wildman–Crippen MR) is 60.5 cm³/mol. The van der Waals surface area contributed by atoms with Gasteiger partial charge in [0.25, 0.3) is 0 Å². The van der Waals surface area contributed by atoms with E-state index in [-0.39, 0.29) is 0 Å². The summed E-state index contributed by atoms with van der Waals surface area (Å²) in [5, 5.41) is 15.6. The van der Waals surface area contributed by atoms with Gasteiger partial charge in [-0.2, -0.15) is 0 Å². The molecule has 1 rings (SSSR count). The summed E-state index contributed by atoms with van der Waals surface area (Å²) >= 11 is 1.56. The van der Waals surface area contributed by atoms with Crippen molar-refractivity contribution < 1.29 is 0 Å². The van der Waals surface area contributed by atoms with Crippen LogP contribution in [-0.2, 0) is 6.54 Å². The number of nitrogens with one attached hydrogen (secondary N) is 1. The molecule has 1 N–H and O–H groups in total. The van der Waals surface area contributed by atoms with Crippen molar-refractivity contribution in [1.29, 1.82) is 0 Å². The molecule has 0 amide bonds. The van der Waals surface area contributed by atoms with Crippen LogP contribution in [0, 0.1) is 11.8 Å². The Kier molecular flexibility index (Phi) is 5.81. The van der Waals surface area contributed by atoms with Crippen LogP contribution in [0.2, 0.25) is 0 Å². The number of thioether (sulfide) groups is 1. The molecule has 0 aliphatic rings. The minimum Gasteiger partial charge on any atom is -0.315 e. The lowest BCUT2D eigenvalue weighted by molar-refractivity contribution is 0.518. The molecule has 0 bridgehead atoms. The third kappa shape index (κ3) is 4.32. The van der Waals surface area contributed by atoms with E-state index in [0.29, 0.717) is 0 Å². The van der Waals surface area contributed by atoms with Crippen LogP contribution < -0.4 is 5.32 Å². The highest BCUT2D eigenvalue weighted by Crippen LogP contribution is 2.11. The Morgan fingerprint density at radius 1 is 1.53 bits per heavy atom. The van der Waals surface area contributed by atoms with Gasteiger partial charge in [0.05, 0.1) is 12.3 Å². The lowest BCUT2D eigenvalue weighted by atomic mass is 10.6. The largest absolute Gasteiger partial charge is 0.315 e. The van der Waals surface area contributed by atoms with E-state index < -0.39 is 0 Å². The molecule has 15 heavy (non-hydrogen) atoms. The molecule has 0 atom stereocenters. The standard InChI is InChI=1S/C9H15N5S/c1-3-5-8-15-9-11-12-13-14(9)7-6-10-4-2/h10H,4,6-8H2,1-2H3. The highest BCUT2D eigenvalue weighted by molar-refractivity contribution is 7.99. The predicted octanol–water partition coefficient (Wildman–Crippen LogP) is 0.398. The minimum absolute atomic E-state index is 0.734. The van der Waals surface area contributed by atoms with Gasteiger partial charge >= 0.3 is 0 Å². The van der Waals surface area contributed by atoms with Crippen molar-refractivity contribution in [2.24, 2.45) is 0 Å². The van der Waals surface area contributed by atoms with Gasteiger partial charge in [-0.05, 0) is 23.9 Å². The first kappa shape index (κ1) is 12.0. The molecule has 0 saturated heterocycles. The highest BCUT2D eigenvalue weighted by atomic mass is 32.2. The van der Waals surface area contributed by atoms with Crippen molar-refractivity contribution >= 4 is 11.8 Å². The fraction of sp³-hybridized carbons (Fsp3) is 0.667. The van der Waals surface area contributed by atoms with Gasteiger partial charge < -0.3 is 5.32 Å². The summed E-state index contributed by atoms with van der Waals surface area (Å²) in [5.41, 5.74) is 0. The number of hydrogen-bond acceptors (Lipinski definition) is 5. The van der Waals surface area contributed by atoms with Crippen LogP contribution in [-0.4, -0.2) is 39.0 Å². The second kappa shape index (κ2) is 7.26.